The fourth-order valence-corrected chi connectivity index (χ4v) is 5.16. The summed E-state index contributed by atoms with van der Waals surface area (Å²) in [5.41, 5.74) is 0.185. The fourth-order valence-electron chi connectivity index (χ4n) is 5.16. The third-order valence-electron chi connectivity index (χ3n) is 6.17. The van der Waals surface area contributed by atoms with E-state index in [4.69, 9.17) is 14.2 Å². The summed E-state index contributed by atoms with van der Waals surface area (Å²) in [4.78, 5) is 12.9. The largest absolute Gasteiger partial charge is 0.461 e. The van der Waals surface area contributed by atoms with Crippen molar-refractivity contribution in [1.82, 2.24) is 0 Å². The van der Waals surface area contributed by atoms with E-state index in [2.05, 4.69) is 13.5 Å². The quantitative estimate of drug-likeness (QED) is 0.504. The summed E-state index contributed by atoms with van der Waals surface area (Å²) in [7, 11) is 0. The van der Waals surface area contributed by atoms with Crippen LogP contribution in [0.3, 0.4) is 0 Å². The van der Waals surface area contributed by atoms with Crippen molar-refractivity contribution >= 4 is 5.97 Å². The summed E-state index contributed by atoms with van der Waals surface area (Å²) in [5.74, 6) is -0.897. The van der Waals surface area contributed by atoms with Crippen LogP contribution in [-0.4, -0.2) is 31.1 Å². The molecule has 2 spiro atoms. The van der Waals surface area contributed by atoms with Crippen molar-refractivity contribution < 1.29 is 19.0 Å². The Morgan fingerprint density at radius 3 is 2.65 bits per heavy atom. The van der Waals surface area contributed by atoms with E-state index in [1.54, 1.807) is 0 Å². The molecule has 0 aromatic heterocycles. The highest BCUT2D eigenvalue weighted by Gasteiger charge is 2.74. The molecule has 20 heavy (non-hydrogen) atoms. The molecule has 0 radical (unpaired) electrons. The number of rotatable bonds is 0. The zero-order valence-electron chi connectivity index (χ0n) is 12.1. The van der Waals surface area contributed by atoms with Crippen molar-refractivity contribution in [3.8, 4) is 0 Å². The van der Waals surface area contributed by atoms with Crippen LogP contribution in [0.2, 0.25) is 0 Å². The molecule has 4 fully saturated rings. The Bertz CT molecular complexity index is 479. The second-order valence-corrected chi connectivity index (χ2v) is 6.93. The van der Waals surface area contributed by atoms with Gasteiger partial charge in [0.2, 0.25) is 0 Å². The molecule has 2 aliphatic carbocycles. The lowest BCUT2D eigenvalue weighted by molar-refractivity contribution is -0.292. The Hall–Kier alpha value is -0.870. The zero-order valence-corrected chi connectivity index (χ0v) is 12.1. The molecule has 110 valence electrons. The van der Waals surface area contributed by atoms with Crippen molar-refractivity contribution in [1.29, 1.82) is 0 Å². The first-order valence-corrected chi connectivity index (χ1v) is 7.71. The van der Waals surface area contributed by atoms with Gasteiger partial charge in [-0.3, -0.25) is 4.79 Å². The van der Waals surface area contributed by atoms with Crippen LogP contribution in [0, 0.1) is 10.8 Å². The molecule has 0 amide bonds. The average Bonchev–Trinajstić information content (AvgIpc) is 2.95. The number of carbonyl (C=O) groups is 1. The summed E-state index contributed by atoms with van der Waals surface area (Å²) in [6.07, 6.45) is 5.31. The van der Waals surface area contributed by atoms with Gasteiger partial charge in [0.25, 0.3) is 0 Å². The van der Waals surface area contributed by atoms with E-state index in [9.17, 15) is 4.79 Å². The molecule has 2 saturated heterocycles. The Balaban J connectivity index is 1.90. The summed E-state index contributed by atoms with van der Waals surface area (Å²) in [5, 5.41) is 0. The number of esters is 1. The van der Waals surface area contributed by atoms with Crippen LogP contribution in [0.4, 0.5) is 0 Å². The van der Waals surface area contributed by atoms with E-state index < -0.39 is 11.2 Å². The number of carbonyl (C=O) groups excluding carboxylic acids is 1. The van der Waals surface area contributed by atoms with Crippen molar-refractivity contribution in [3.05, 3.63) is 12.2 Å². The number of ether oxygens (including phenoxy) is 3. The first-order valence-electron chi connectivity index (χ1n) is 7.71. The SMILES string of the molecule is C=C1C[C@H]2C[C@]1(C)[C@]1(CCCCC13OCCO3)C(=O)O2. The Labute approximate surface area is 119 Å². The van der Waals surface area contributed by atoms with E-state index in [1.807, 2.05) is 0 Å². The lowest BCUT2D eigenvalue weighted by atomic mass is 9.52. The van der Waals surface area contributed by atoms with Gasteiger partial charge in [0, 0.05) is 18.3 Å². The second-order valence-electron chi connectivity index (χ2n) is 6.93. The van der Waals surface area contributed by atoms with Crippen LogP contribution in [-0.2, 0) is 19.0 Å². The first-order chi connectivity index (χ1) is 9.54. The molecule has 2 saturated carbocycles. The third kappa shape index (κ3) is 1.23. The van der Waals surface area contributed by atoms with Crippen LogP contribution in [0.25, 0.3) is 0 Å². The maximum atomic E-state index is 12.9. The second kappa shape index (κ2) is 3.86. The molecule has 4 aliphatic rings. The molecule has 0 aromatic carbocycles. The normalized spacial score (nSPS) is 46.1. The predicted molar refractivity (Wildman–Crippen MR) is 71.9 cm³/mol. The lowest BCUT2D eigenvalue weighted by Gasteiger charge is -2.57. The summed E-state index contributed by atoms with van der Waals surface area (Å²) < 4.78 is 17.8. The van der Waals surface area contributed by atoms with Gasteiger partial charge in [0.05, 0.1) is 13.2 Å². The highest BCUT2D eigenvalue weighted by molar-refractivity contribution is 5.82. The Morgan fingerprint density at radius 2 is 1.90 bits per heavy atom. The molecule has 4 rings (SSSR count). The number of fused-ring (bicyclic) bond motifs is 4. The Morgan fingerprint density at radius 1 is 1.20 bits per heavy atom. The van der Waals surface area contributed by atoms with Gasteiger partial charge in [0.15, 0.2) is 5.79 Å². The van der Waals surface area contributed by atoms with Crippen molar-refractivity contribution in [2.45, 2.75) is 57.3 Å². The monoisotopic (exact) mass is 278 g/mol. The van der Waals surface area contributed by atoms with Gasteiger partial charge in [-0.05, 0) is 19.3 Å². The van der Waals surface area contributed by atoms with Crippen LogP contribution < -0.4 is 0 Å². The highest BCUT2D eigenvalue weighted by atomic mass is 16.7. The zero-order chi connectivity index (χ0) is 14.0. The van der Waals surface area contributed by atoms with Gasteiger partial charge in [-0.2, -0.15) is 0 Å². The molecule has 3 atom stereocenters. The summed E-state index contributed by atoms with van der Waals surface area (Å²) in [6, 6.07) is 0. The molecule has 4 nitrogen and oxygen atoms in total. The molecular formula is C16H22O4. The fraction of sp³-hybridized carbons (Fsp3) is 0.812. The third-order valence-corrected chi connectivity index (χ3v) is 6.17. The van der Waals surface area contributed by atoms with Gasteiger partial charge >= 0.3 is 5.97 Å². The van der Waals surface area contributed by atoms with Crippen LogP contribution in [0.5, 0.6) is 0 Å². The van der Waals surface area contributed by atoms with Crippen molar-refractivity contribution in [2.24, 2.45) is 10.8 Å². The van der Waals surface area contributed by atoms with E-state index in [-0.39, 0.29) is 17.5 Å². The molecule has 2 bridgehead atoms. The first kappa shape index (κ1) is 12.8. The van der Waals surface area contributed by atoms with E-state index >= 15 is 0 Å². The number of hydrogen-bond acceptors (Lipinski definition) is 4. The van der Waals surface area contributed by atoms with Gasteiger partial charge in [-0.1, -0.05) is 25.5 Å². The summed E-state index contributed by atoms with van der Waals surface area (Å²) in [6.45, 7) is 7.58. The molecule has 0 N–H and O–H groups in total. The van der Waals surface area contributed by atoms with E-state index in [0.717, 1.165) is 44.1 Å². The maximum absolute atomic E-state index is 12.9. The van der Waals surface area contributed by atoms with Crippen molar-refractivity contribution in [2.75, 3.05) is 13.2 Å². The molecule has 0 unspecified atom stereocenters. The van der Waals surface area contributed by atoms with E-state index in [0.29, 0.717) is 13.2 Å². The maximum Gasteiger partial charge on any atom is 0.318 e. The van der Waals surface area contributed by atoms with Crippen LogP contribution in [0.1, 0.15) is 45.4 Å². The molecule has 2 aliphatic heterocycles. The minimum absolute atomic E-state index is 0.00556. The summed E-state index contributed by atoms with van der Waals surface area (Å²) >= 11 is 0. The standard InChI is InChI=1S/C16H22O4/c1-11-9-12-10-14(11,2)15(13(17)20-12)5-3-4-6-16(15)18-7-8-19-16/h12H,1,3-10H2,2H3/t12-,14-,15-/m0/s1. The van der Waals surface area contributed by atoms with Gasteiger partial charge in [-0.25, -0.2) is 0 Å². The molecular weight excluding hydrogens is 256 g/mol. The van der Waals surface area contributed by atoms with Gasteiger partial charge < -0.3 is 14.2 Å². The number of hydrogen-bond donors (Lipinski definition) is 0. The smallest absolute Gasteiger partial charge is 0.318 e. The minimum Gasteiger partial charge on any atom is -0.461 e. The minimum atomic E-state index is -0.782. The Kier molecular flexibility index (Phi) is 2.48. The van der Waals surface area contributed by atoms with Crippen molar-refractivity contribution in [3.63, 3.8) is 0 Å². The molecule has 0 aromatic rings. The highest BCUT2D eigenvalue weighted by Crippen LogP contribution is 2.68. The lowest BCUT2D eigenvalue weighted by Crippen LogP contribution is -2.65. The van der Waals surface area contributed by atoms with Crippen LogP contribution in [0.15, 0.2) is 12.2 Å². The van der Waals surface area contributed by atoms with Gasteiger partial charge in [-0.15, -0.1) is 0 Å². The van der Waals surface area contributed by atoms with Gasteiger partial charge in [0.1, 0.15) is 11.5 Å². The molecule has 2 heterocycles. The predicted octanol–water partition coefficient (Wildman–Crippen LogP) is 2.57. The van der Waals surface area contributed by atoms with E-state index in [1.165, 1.54) is 0 Å². The van der Waals surface area contributed by atoms with Crippen LogP contribution >= 0.6 is 0 Å². The molecule has 4 heteroatoms. The topological polar surface area (TPSA) is 44.8 Å². The average molecular weight is 278 g/mol.